The summed E-state index contributed by atoms with van der Waals surface area (Å²) in [6.45, 7) is 1.05. The molecule has 6 heteroatoms. The summed E-state index contributed by atoms with van der Waals surface area (Å²) in [6.07, 6.45) is 3.62. The molecule has 1 aliphatic heterocycles. The molecule has 2 aromatic rings. The lowest BCUT2D eigenvalue weighted by atomic mass is 9.84. The smallest absolute Gasteiger partial charge is 0.226 e. The number of benzene rings is 2. The molecule has 29 heavy (non-hydrogen) atoms. The first-order valence-corrected chi connectivity index (χ1v) is 10.4. The van der Waals surface area contributed by atoms with E-state index in [9.17, 15) is 4.79 Å². The number of carbonyl (C=O) groups is 1. The first kappa shape index (κ1) is 19.8. The predicted octanol–water partition coefficient (Wildman–Crippen LogP) is 4.67. The molecule has 1 heterocycles. The SMILES string of the molecule is COc1ccc(C2=NO[C@H](CN(Cc3cccc(Cl)c3)C(=O)C3CCC3)C2)cc1. The van der Waals surface area contributed by atoms with Crippen LogP contribution in [0.1, 0.15) is 36.8 Å². The fraction of sp³-hybridized carbons (Fsp3) is 0.391. The first-order chi connectivity index (χ1) is 14.1. The van der Waals surface area contributed by atoms with Gasteiger partial charge in [0.05, 0.1) is 19.4 Å². The summed E-state index contributed by atoms with van der Waals surface area (Å²) in [4.78, 5) is 20.6. The van der Waals surface area contributed by atoms with Gasteiger partial charge in [-0.15, -0.1) is 0 Å². The Kier molecular flexibility index (Phi) is 6.05. The van der Waals surface area contributed by atoms with Crippen molar-refractivity contribution in [2.75, 3.05) is 13.7 Å². The van der Waals surface area contributed by atoms with Crippen LogP contribution in [0.5, 0.6) is 5.75 Å². The van der Waals surface area contributed by atoms with Gasteiger partial charge in [0.25, 0.3) is 0 Å². The van der Waals surface area contributed by atoms with E-state index in [2.05, 4.69) is 5.16 Å². The third kappa shape index (κ3) is 4.73. The van der Waals surface area contributed by atoms with Gasteiger partial charge in [-0.3, -0.25) is 4.79 Å². The van der Waals surface area contributed by atoms with Gasteiger partial charge in [0, 0.05) is 23.9 Å². The van der Waals surface area contributed by atoms with Crippen molar-refractivity contribution in [3.63, 3.8) is 0 Å². The molecule has 0 N–H and O–H groups in total. The van der Waals surface area contributed by atoms with Crippen LogP contribution in [0.3, 0.4) is 0 Å². The van der Waals surface area contributed by atoms with Crippen LogP contribution >= 0.6 is 11.6 Å². The van der Waals surface area contributed by atoms with E-state index in [1.807, 2.05) is 53.4 Å². The van der Waals surface area contributed by atoms with E-state index < -0.39 is 0 Å². The molecular formula is C23H25ClN2O3. The Bertz CT molecular complexity index is 893. The Morgan fingerprint density at radius 3 is 2.69 bits per heavy atom. The van der Waals surface area contributed by atoms with Crippen molar-refractivity contribution >= 4 is 23.2 Å². The monoisotopic (exact) mass is 412 g/mol. The maximum Gasteiger partial charge on any atom is 0.226 e. The van der Waals surface area contributed by atoms with Gasteiger partial charge in [-0.05, 0) is 60.4 Å². The predicted molar refractivity (Wildman–Crippen MR) is 113 cm³/mol. The maximum atomic E-state index is 13.0. The van der Waals surface area contributed by atoms with Crippen molar-refractivity contribution in [2.24, 2.45) is 11.1 Å². The number of oxime groups is 1. The minimum absolute atomic E-state index is 0.137. The van der Waals surface area contributed by atoms with Gasteiger partial charge in [-0.1, -0.05) is 35.3 Å². The zero-order chi connectivity index (χ0) is 20.2. The molecule has 2 aliphatic rings. The Hall–Kier alpha value is -2.53. The lowest BCUT2D eigenvalue weighted by molar-refractivity contribution is -0.140. The number of carbonyl (C=O) groups excluding carboxylic acids is 1. The second-order valence-corrected chi connectivity index (χ2v) is 8.11. The molecule has 0 unspecified atom stereocenters. The van der Waals surface area contributed by atoms with Crippen LogP contribution in [0.15, 0.2) is 53.7 Å². The minimum atomic E-state index is -0.143. The van der Waals surface area contributed by atoms with Crippen LogP contribution in [0.4, 0.5) is 0 Å². The van der Waals surface area contributed by atoms with E-state index in [4.69, 9.17) is 21.2 Å². The van der Waals surface area contributed by atoms with Gasteiger partial charge in [0.1, 0.15) is 5.75 Å². The summed E-state index contributed by atoms with van der Waals surface area (Å²) in [7, 11) is 1.65. The van der Waals surface area contributed by atoms with E-state index >= 15 is 0 Å². The number of nitrogens with zero attached hydrogens (tertiary/aromatic N) is 2. The molecule has 1 atom stereocenters. The zero-order valence-electron chi connectivity index (χ0n) is 16.5. The summed E-state index contributed by atoms with van der Waals surface area (Å²) in [5.74, 6) is 1.15. The van der Waals surface area contributed by atoms with Gasteiger partial charge >= 0.3 is 0 Å². The lowest BCUT2D eigenvalue weighted by Crippen LogP contribution is -2.42. The van der Waals surface area contributed by atoms with Crippen molar-refractivity contribution in [3.8, 4) is 5.75 Å². The molecule has 0 bridgehead atoms. The quantitative estimate of drug-likeness (QED) is 0.664. The molecular weight excluding hydrogens is 388 g/mol. The molecule has 5 nitrogen and oxygen atoms in total. The van der Waals surface area contributed by atoms with Gasteiger partial charge in [0.2, 0.25) is 5.91 Å². The van der Waals surface area contributed by atoms with Crippen LogP contribution in [-0.4, -0.2) is 36.3 Å². The van der Waals surface area contributed by atoms with Crippen molar-refractivity contribution in [3.05, 3.63) is 64.7 Å². The molecule has 1 amide bonds. The number of hydrogen-bond donors (Lipinski definition) is 0. The second-order valence-electron chi connectivity index (χ2n) is 7.67. The largest absolute Gasteiger partial charge is 0.497 e. The maximum absolute atomic E-state index is 13.0. The molecule has 0 spiro atoms. The topological polar surface area (TPSA) is 51.1 Å². The van der Waals surface area contributed by atoms with E-state index in [0.29, 0.717) is 24.5 Å². The summed E-state index contributed by atoms with van der Waals surface area (Å²) in [5, 5.41) is 4.95. The number of rotatable bonds is 7. The normalized spacial score (nSPS) is 18.6. The highest BCUT2D eigenvalue weighted by Gasteiger charge is 2.33. The van der Waals surface area contributed by atoms with Crippen LogP contribution < -0.4 is 4.74 Å². The highest BCUT2D eigenvalue weighted by atomic mass is 35.5. The molecule has 1 aliphatic carbocycles. The number of hydrogen-bond acceptors (Lipinski definition) is 4. The van der Waals surface area contributed by atoms with Gasteiger partial charge < -0.3 is 14.5 Å². The van der Waals surface area contributed by atoms with E-state index in [1.165, 1.54) is 0 Å². The molecule has 152 valence electrons. The summed E-state index contributed by atoms with van der Waals surface area (Å²) < 4.78 is 5.21. The first-order valence-electron chi connectivity index (χ1n) is 10.0. The standard InChI is InChI=1S/C23H25ClN2O3/c1-28-20-10-8-17(9-11-20)22-13-21(29-25-22)15-26(23(27)18-5-3-6-18)14-16-4-2-7-19(24)12-16/h2,4,7-12,18,21H,3,5-6,13-15H2,1H3/t21-/m0/s1. The van der Waals surface area contributed by atoms with E-state index in [0.717, 1.165) is 41.9 Å². The van der Waals surface area contributed by atoms with Crippen LogP contribution in [0, 0.1) is 5.92 Å². The van der Waals surface area contributed by atoms with Crippen molar-refractivity contribution in [1.82, 2.24) is 4.90 Å². The van der Waals surface area contributed by atoms with Crippen LogP contribution in [0.2, 0.25) is 5.02 Å². The Balaban J connectivity index is 1.42. The van der Waals surface area contributed by atoms with Gasteiger partial charge in [-0.25, -0.2) is 0 Å². The average molecular weight is 413 g/mol. The Labute approximate surface area is 176 Å². The molecule has 1 saturated carbocycles. The van der Waals surface area contributed by atoms with Crippen molar-refractivity contribution in [2.45, 2.75) is 38.3 Å². The summed E-state index contributed by atoms with van der Waals surface area (Å²) in [5.41, 5.74) is 2.94. The van der Waals surface area contributed by atoms with Crippen molar-refractivity contribution in [1.29, 1.82) is 0 Å². The zero-order valence-corrected chi connectivity index (χ0v) is 17.3. The lowest BCUT2D eigenvalue weighted by Gasteiger charge is -2.32. The Morgan fingerprint density at radius 1 is 1.24 bits per heavy atom. The number of methoxy groups -OCH3 is 1. The second kappa shape index (κ2) is 8.87. The van der Waals surface area contributed by atoms with E-state index in [-0.39, 0.29) is 17.9 Å². The molecule has 0 radical (unpaired) electrons. The highest BCUT2D eigenvalue weighted by molar-refractivity contribution is 6.30. The molecule has 1 fully saturated rings. The van der Waals surface area contributed by atoms with Gasteiger partial charge in [0.15, 0.2) is 6.10 Å². The third-order valence-electron chi connectivity index (χ3n) is 5.61. The Morgan fingerprint density at radius 2 is 2.03 bits per heavy atom. The molecule has 2 aromatic carbocycles. The van der Waals surface area contributed by atoms with Crippen molar-refractivity contribution < 1.29 is 14.4 Å². The highest BCUT2D eigenvalue weighted by Crippen LogP contribution is 2.30. The van der Waals surface area contributed by atoms with Crippen LogP contribution in [0.25, 0.3) is 0 Å². The average Bonchev–Trinajstić information content (AvgIpc) is 3.15. The van der Waals surface area contributed by atoms with Gasteiger partial charge in [-0.2, -0.15) is 0 Å². The molecule has 4 rings (SSSR count). The fourth-order valence-electron chi connectivity index (χ4n) is 3.73. The molecule has 0 aromatic heterocycles. The molecule has 0 saturated heterocycles. The number of amides is 1. The minimum Gasteiger partial charge on any atom is -0.497 e. The van der Waals surface area contributed by atoms with E-state index in [1.54, 1.807) is 7.11 Å². The van der Waals surface area contributed by atoms with Crippen LogP contribution in [-0.2, 0) is 16.2 Å². The third-order valence-corrected chi connectivity index (χ3v) is 5.84. The summed E-state index contributed by atoms with van der Waals surface area (Å²) >= 11 is 6.13. The number of ether oxygens (including phenoxy) is 1. The number of halogens is 1. The fourth-order valence-corrected chi connectivity index (χ4v) is 3.94. The summed E-state index contributed by atoms with van der Waals surface area (Å²) in [6, 6.07) is 15.5.